The van der Waals surface area contributed by atoms with Crippen molar-refractivity contribution in [1.29, 1.82) is 0 Å². The molecule has 0 atom stereocenters. The molecular weight excluding hydrogens is 310 g/mol. The van der Waals surface area contributed by atoms with Crippen molar-refractivity contribution in [2.45, 2.75) is 6.92 Å². The molecule has 1 N–H and O–H groups in total. The first kappa shape index (κ1) is 14.3. The van der Waals surface area contributed by atoms with Gasteiger partial charge in [0.1, 0.15) is 17.8 Å². The minimum Gasteiger partial charge on any atom is -0.368 e. The maximum atomic E-state index is 6.10. The number of benzene rings is 1. The zero-order chi connectivity index (χ0) is 15.8. The first-order chi connectivity index (χ1) is 11.2. The summed E-state index contributed by atoms with van der Waals surface area (Å²) >= 11 is 6.10. The van der Waals surface area contributed by atoms with Crippen LogP contribution in [0.25, 0.3) is 11.0 Å². The van der Waals surface area contributed by atoms with Gasteiger partial charge in [-0.25, -0.2) is 9.97 Å². The molecule has 0 bridgehead atoms. The van der Waals surface area contributed by atoms with Crippen molar-refractivity contribution in [1.82, 2.24) is 15.0 Å². The standard InChI is InChI=1S/C17H18ClN5/c1-12-9-15-16(21-12)19-11-20-17(15)23-7-5-22(6-8-23)14-4-2-3-13(18)10-14/h2-4,9-11H,5-8H2,1H3,(H,19,20,21). The van der Waals surface area contributed by atoms with Crippen LogP contribution in [0.1, 0.15) is 5.69 Å². The van der Waals surface area contributed by atoms with Gasteiger partial charge < -0.3 is 14.8 Å². The van der Waals surface area contributed by atoms with Gasteiger partial charge in [0.25, 0.3) is 0 Å². The Bertz CT molecular complexity index is 836. The van der Waals surface area contributed by atoms with Gasteiger partial charge in [0.15, 0.2) is 0 Å². The number of halogens is 1. The van der Waals surface area contributed by atoms with Gasteiger partial charge in [-0.15, -0.1) is 0 Å². The van der Waals surface area contributed by atoms with Crippen LogP contribution in [0.4, 0.5) is 11.5 Å². The third kappa shape index (κ3) is 2.72. The number of nitrogens with zero attached hydrogens (tertiary/aromatic N) is 4. The number of H-pyrrole nitrogens is 1. The number of hydrogen-bond donors (Lipinski definition) is 1. The molecule has 23 heavy (non-hydrogen) atoms. The molecule has 1 saturated heterocycles. The van der Waals surface area contributed by atoms with E-state index in [2.05, 4.69) is 36.9 Å². The normalized spacial score (nSPS) is 15.4. The number of fused-ring (bicyclic) bond motifs is 1. The summed E-state index contributed by atoms with van der Waals surface area (Å²) in [6, 6.07) is 10.2. The molecule has 0 saturated carbocycles. The van der Waals surface area contributed by atoms with Gasteiger partial charge in [-0.3, -0.25) is 0 Å². The Morgan fingerprint density at radius 1 is 1.04 bits per heavy atom. The highest BCUT2D eigenvalue weighted by atomic mass is 35.5. The van der Waals surface area contributed by atoms with E-state index in [1.807, 2.05) is 25.1 Å². The van der Waals surface area contributed by atoms with Crippen molar-refractivity contribution in [2.75, 3.05) is 36.0 Å². The molecule has 5 nitrogen and oxygen atoms in total. The van der Waals surface area contributed by atoms with E-state index in [0.717, 1.165) is 53.7 Å². The van der Waals surface area contributed by atoms with Gasteiger partial charge in [-0.05, 0) is 31.2 Å². The van der Waals surface area contributed by atoms with E-state index in [1.165, 1.54) is 5.69 Å². The van der Waals surface area contributed by atoms with Gasteiger partial charge in [-0.1, -0.05) is 17.7 Å². The van der Waals surface area contributed by atoms with E-state index in [4.69, 9.17) is 11.6 Å². The summed E-state index contributed by atoms with van der Waals surface area (Å²) in [5.74, 6) is 1.02. The molecule has 1 fully saturated rings. The van der Waals surface area contributed by atoms with Crippen molar-refractivity contribution in [2.24, 2.45) is 0 Å². The van der Waals surface area contributed by atoms with Crippen molar-refractivity contribution < 1.29 is 0 Å². The monoisotopic (exact) mass is 327 g/mol. The zero-order valence-electron chi connectivity index (χ0n) is 13.0. The van der Waals surface area contributed by atoms with E-state index >= 15 is 0 Å². The lowest BCUT2D eigenvalue weighted by Gasteiger charge is -2.36. The predicted octanol–water partition coefficient (Wildman–Crippen LogP) is 3.25. The summed E-state index contributed by atoms with van der Waals surface area (Å²) < 4.78 is 0. The highest BCUT2D eigenvalue weighted by molar-refractivity contribution is 6.30. The lowest BCUT2D eigenvalue weighted by molar-refractivity contribution is 0.649. The smallest absolute Gasteiger partial charge is 0.143 e. The van der Waals surface area contributed by atoms with Crippen molar-refractivity contribution in [3.05, 3.63) is 47.4 Å². The maximum Gasteiger partial charge on any atom is 0.143 e. The number of nitrogens with one attached hydrogen (secondary N) is 1. The molecule has 0 unspecified atom stereocenters. The molecule has 3 heterocycles. The molecule has 3 aromatic rings. The van der Waals surface area contributed by atoms with E-state index in [9.17, 15) is 0 Å². The molecule has 1 aromatic carbocycles. The first-order valence-corrected chi connectivity index (χ1v) is 8.14. The lowest BCUT2D eigenvalue weighted by Crippen LogP contribution is -2.46. The van der Waals surface area contributed by atoms with Crippen molar-refractivity contribution >= 4 is 34.1 Å². The van der Waals surface area contributed by atoms with Crippen LogP contribution >= 0.6 is 11.6 Å². The second-order valence-electron chi connectivity index (χ2n) is 5.87. The molecule has 6 heteroatoms. The van der Waals surface area contributed by atoms with E-state index in [-0.39, 0.29) is 0 Å². The Balaban J connectivity index is 1.55. The van der Waals surface area contributed by atoms with Gasteiger partial charge in [0.2, 0.25) is 0 Å². The molecule has 0 radical (unpaired) electrons. The second-order valence-corrected chi connectivity index (χ2v) is 6.30. The molecule has 4 rings (SSSR count). The number of piperazine rings is 1. The Kier molecular flexibility index (Phi) is 3.58. The number of aromatic amines is 1. The van der Waals surface area contributed by atoms with Crippen LogP contribution in [0, 0.1) is 6.92 Å². The van der Waals surface area contributed by atoms with Crippen LogP contribution < -0.4 is 9.80 Å². The summed E-state index contributed by atoms with van der Waals surface area (Å²) in [6.07, 6.45) is 1.64. The van der Waals surface area contributed by atoms with Crippen LogP contribution in [-0.4, -0.2) is 41.1 Å². The van der Waals surface area contributed by atoms with Crippen LogP contribution in [0.15, 0.2) is 36.7 Å². The minimum absolute atomic E-state index is 0.783. The number of aromatic nitrogens is 3. The highest BCUT2D eigenvalue weighted by Gasteiger charge is 2.20. The average molecular weight is 328 g/mol. The zero-order valence-corrected chi connectivity index (χ0v) is 13.7. The second kappa shape index (κ2) is 5.74. The molecule has 1 aliphatic heterocycles. The van der Waals surface area contributed by atoms with E-state index < -0.39 is 0 Å². The van der Waals surface area contributed by atoms with Crippen LogP contribution in [0.3, 0.4) is 0 Å². The minimum atomic E-state index is 0.783. The van der Waals surface area contributed by atoms with Crippen molar-refractivity contribution in [3.8, 4) is 0 Å². The van der Waals surface area contributed by atoms with E-state index in [1.54, 1.807) is 6.33 Å². The Labute approximate surface area is 139 Å². The fourth-order valence-corrected chi connectivity index (χ4v) is 3.34. The molecule has 118 valence electrons. The summed E-state index contributed by atoms with van der Waals surface area (Å²) in [6.45, 7) is 5.82. The predicted molar refractivity (Wildman–Crippen MR) is 94.5 cm³/mol. The average Bonchev–Trinajstić information content (AvgIpc) is 2.95. The fourth-order valence-electron chi connectivity index (χ4n) is 3.16. The maximum absolute atomic E-state index is 6.10. The summed E-state index contributed by atoms with van der Waals surface area (Å²) in [4.78, 5) is 16.8. The number of anilines is 2. The van der Waals surface area contributed by atoms with Gasteiger partial charge in [0.05, 0.1) is 5.39 Å². The SMILES string of the molecule is Cc1cc2c(N3CCN(c4cccc(Cl)c4)CC3)ncnc2[nH]1. The largest absolute Gasteiger partial charge is 0.368 e. The highest BCUT2D eigenvalue weighted by Crippen LogP contribution is 2.26. The Morgan fingerprint density at radius 3 is 2.61 bits per heavy atom. The van der Waals surface area contributed by atoms with Crippen LogP contribution in [-0.2, 0) is 0 Å². The molecule has 0 spiro atoms. The number of hydrogen-bond acceptors (Lipinski definition) is 4. The fraction of sp³-hybridized carbons (Fsp3) is 0.294. The topological polar surface area (TPSA) is 48.1 Å². The molecule has 0 amide bonds. The first-order valence-electron chi connectivity index (χ1n) is 7.76. The van der Waals surface area contributed by atoms with Crippen molar-refractivity contribution in [3.63, 3.8) is 0 Å². The summed E-state index contributed by atoms with van der Waals surface area (Å²) in [7, 11) is 0. The number of aryl methyl sites for hydroxylation is 1. The molecule has 1 aliphatic rings. The summed E-state index contributed by atoms with van der Waals surface area (Å²) in [5, 5.41) is 1.88. The Morgan fingerprint density at radius 2 is 1.83 bits per heavy atom. The third-order valence-electron chi connectivity index (χ3n) is 4.29. The summed E-state index contributed by atoms with van der Waals surface area (Å²) in [5.41, 5.74) is 3.20. The Hall–Kier alpha value is -2.27. The van der Waals surface area contributed by atoms with Gasteiger partial charge >= 0.3 is 0 Å². The third-order valence-corrected chi connectivity index (χ3v) is 4.53. The van der Waals surface area contributed by atoms with Gasteiger partial charge in [0, 0.05) is 42.6 Å². The van der Waals surface area contributed by atoms with E-state index in [0.29, 0.717) is 0 Å². The lowest BCUT2D eigenvalue weighted by atomic mass is 10.2. The quantitative estimate of drug-likeness (QED) is 0.785. The van der Waals surface area contributed by atoms with Crippen LogP contribution in [0.2, 0.25) is 5.02 Å². The van der Waals surface area contributed by atoms with Gasteiger partial charge in [-0.2, -0.15) is 0 Å². The number of rotatable bonds is 2. The molecule has 2 aromatic heterocycles. The molecular formula is C17H18ClN5. The van der Waals surface area contributed by atoms with Crippen LogP contribution in [0.5, 0.6) is 0 Å². The molecule has 0 aliphatic carbocycles.